The van der Waals surface area contributed by atoms with Crippen molar-refractivity contribution >= 4 is 15.9 Å². The first-order valence-corrected chi connectivity index (χ1v) is 8.17. The average Bonchev–Trinajstić information content (AvgIpc) is 2.44. The summed E-state index contributed by atoms with van der Waals surface area (Å²) >= 11 is 0. The zero-order valence-corrected chi connectivity index (χ0v) is 13.4. The zero-order valence-electron chi connectivity index (χ0n) is 12.6. The lowest BCUT2D eigenvalue weighted by atomic mass is 10.2. The van der Waals surface area contributed by atoms with Crippen molar-refractivity contribution in [1.29, 1.82) is 0 Å². The largest absolute Gasteiger partial charge is 0.385 e. The Kier molecular flexibility index (Phi) is 6.80. The Labute approximate surface area is 125 Å². The van der Waals surface area contributed by atoms with Gasteiger partial charge in [-0.05, 0) is 37.5 Å². The SMILES string of the molecule is COCCCNC(=O)CNS(=O)(=O)c1cc(C)ccc1C. The molecule has 0 aliphatic carbocycles. The van der Waals surface area contributed by atoms with Gasteiger partial charge in [0.15, 0.2) is 0 Å². The molecular formula is C14H22N2O4S. The van der Waals surface area contributed by atoms with Gasteiger partial charge in [0.1, 0.15) is 0 Å². The molecule has 0 saturated carbocycles. The number of hydrogen-bond donors (Lipinski definition) is 2. The third-order valence-corrected chi connectivity index (χ3v) is 4.45. The maximum absolute atomic E-state index is 12.2. The quantitative estimate of drug-likeness (QED) is 0.693. The summed E-state index contributed by atoms with van der Waals surface area (Å²) in [4.78, 5) is 11.8. The number of methoxy groups -OCH3 is 1. The van der Waals surface area contributed by atoms with Gasteiger partial charge in [-0.2, -0.15) is 0 Å². The van der Waals surface area contributed by atoms with Gasteiger partial charge in [0.25, 0.3) is 0 Å². The van der Waals surface area contributed by atoms with E-state index >= 15 is 0 Å². The summed E-state index contributed by atoms with van der Waals surface area (Å²) in [5.41, 5.74) is 1.50. The van der Waals surface area contributed by atoms with E-state index in [2.05, 4.69) is 10.0 Å². The topological polar surface area (TPSA) is 84.5 Å². The van der Waals surface area contributed by atoms with Crippen LogP contribution in [0.2, 0.25) is 0 Å². The van der Waals surface area contributed by atoms with Gasteiger partial charge in [-0.3, -0.25) is 4.79 Å². The number of nitrogens with one attached hydrogen (secondary N) is 2. The van der Waals surface area contributed by atoms with Crippen molar-refractivity contribution in [1.82, 2.24) is 10.0 Å². The Morgan fingerprint density at radius 3 is 2.67 bits per heavy atom. The third-order valence-electron chi connectivity index (χ3n) is 2.90. The van der Waals surface area contributed by atoms with Crippen LogP contribution in [-0.2, 0) is 19.6 Å². The summed E-state index contributed by atoms with van der Waals surface area (Å²) in [5, 5.41) is 2.62. The molecular weight excluding hydrogens is 292 g/mol. The minimum atomic E-state index is -3.68. The Balaban J connectivity index is 2.57. The van der Waals surface area contributed by atoms with E-state index in [4.69, 9.17) is 4.74 Å². The molecule has 1 rings (SSSR count). The molecule has 6 nitrogen and oxygen atoms in total. The van der Waals surface area contributed by atoms with E-state index < -0.39 is 10.0 Å². The van der Waals surface area contributed by atoms with E-state index in [-0.39, 0.29) is 17.3 Å². The fourth-order valence-corrected chi connectivity index (χ4v) is 3.05. The van der Waals surface area contributed by atoms with Crippen LogP contribution >= 0.6 is 0 Å². The molecule has 1 aromatic rings. The first kappa shape index (κ1) is 17.6. The highest BCUT2D eigenvalue weighted by Gasteiger charge is 2.17. The lowest BCUT2D eigenvalue weighted by molar-refractivity contribution is -0.120. The number of amides is 1. The van der Waals surface area contributed by atoms with E-state index in [1.54, 1.807) is 26.2 Å². The zero-order chi connectivity index (χ0) is 15.9. The smallest absolute Gasteiger partial charge is 0.241 e. The highest BCUT2D eigenvalue weighted by Crippen LogP contribution is 2.16. The minimum Gasteiger partial charge on any atom is -0.385 e. The molecule has 1 amide bonds. The number of aryl methyl sites for hydroxylation is 2. The maximum Gasteiger partial charge on any atom is 0.241 e. The molecule has 118 valence electrons. The second-order valence-electron chi connectivity index (χ2n) is 4.79. The highest BCUT2D eigenvalue weighted by molar-refractivity contribution is 7.89. The molecule has 0 spiro atoms. The number of carbonyl (C=O) groups excluding carboxylic acids is 1. The van der Waals surface area contributed by atoms with Crippen molar-refractivity contribution in [2.24, 2.45) is 0 Å². The molecule has 0 bridgehead atoms. The molecule has 0 heterocycles. The lowest BCUT2D eigenvalue weighted by Gasteiger charge is -2.10. The standard InChI is InChI=1S/C14H22N2O4S/c1-11-5-6-12(2)13(9-11)21(18,19)16-10-14(17)15-7-4-8-20-3/h5-6,9,16H,4,7-8,10H2,1-3H3,(H,15,17). The van der Waals surface area contributed by atoms with Crippen LogP contribution in [0.15, 0.2) is 23.1 Å². The first-order chi connectivity index (χ1) is 9.86. The molecule has 0 aromatic heterocycles. The molecule has 21 heavy (non-hydrogen) atoms. The predicted molar refractivity (Wildman–Crippen MR) is 80.6 cm³/mol. The highest BCUT2D eigenvalue weighted by atomic mass is 32.2. The second kappa shape index (κ2) is 8.11. The van der Waals surface area contributed by atoms with Crippen LogP contribution in [-0.4, -0.2) is 41.1 Å². The average molecular weight is 314 g/mol. The molecule has 7 heteroatoms. The summed E-state index contributed by atoms with van der Waals surface area (Å²) in [6.07, 6.45) is 0.686. The number of ether oxygens (including phenoxy) is 1. The molecule has 1 aromatic carbocycles. The van der Waals surface area contributed by atoms with Crippen molar-refractivity contribution in [2.45, 2.75) is 25.2 Å². The molecule has 0 aliphatic heterocycles. The normalized spacial score (nSPS) is 11.4. The molecule has 2 N–H and O–H groups in total. The number of rotatable bonds is 8. The lowest BCUT2D eigenvalue weighted by Crippen LogP contribution is -2.37. The minimum absolute atomic E-state index is 0.203. The van der Waals surface area contributed by atoms with Crippen LogP contribution in [0.25, 0.3) is 0 Å². The molecule has 0 aliphatic rings. The van der Waals surface area contributed by atoms with E-state index in [9.17, 15) is 13.2 Å². The van der Waals surface area contributed by atoms with E-state index in [1.807, 2.05) is 13.0 Å². The molecule has 0 radical (unpaired) electrons. The maximum atomic E-state index is 12.2. The fraction of sp³-hybridized carbons (Fsp3) is 0.500. The van der Waals surface area contributed by atoms with Crippen LogP contribution in [0, 0.1) is 13.8 Å². The Hall–Kier alpha value is -1.44. The van der Waals surface area contributed by atoms with Crippen LogP contribution < -0.4 is 10.0 Å². The van der Waals surface area contributed by atoms with E-state index in [0.717, 1.165) is 5.56 Å². The van der Waals surface area contributed by atoms with Crippen molar-refractivity contribution in [2.75, 3.05) is 26.8 Å². The van der Waals surface area contributed by atoms with Gasteiger partial charge in [0.2, 0.25) is 15.9 Å². The van der Waals surface area contributed by atoms with Crippen LogP contribution in [0.5, 0.6) is 0 Å². The predicted octanol–water partition coefficient (Wildman–Crippen LogP) is 0.734. The summed E-state index contributed by atoms with van der Waals surface area (Å²) in [6, 6.07) is 5.18. The molecule has 0 unspecified atom stereocenters. The van der Waals surface area contributed by atoms with Gasteiger partial charge >= 0.3 is 0 Å². The number of carbonyl (C=O) groups is 1. The van der Waals surface area contributed by atoms with E-state index in [1.165, 1.54) is 0 Å². The number of hydrogen-bond acceptors (Lipinski definition) is 4. The van der Waals surface area contributed by atoms with Gasteiger partial charge in [-0.15, -0.1) is 0 Å². The van der Waals surface area contributed by atoms with Gasteiger partial charge in [-0.1, -0.05) is 12.1 Å². The van der Waals surface area contributed by atoms with E-state index in [0.29, 0.717) is 25.1 Å². The second-order valence-corrected chi connectivity index (χ2v) is 6.53. The van der Waals surface area contributed by atoms with Gasteiger partial charge in [0, 0.05) is 20.3 Å². The van der Waals surface area contributed by atoms with Gasteiger partial charge < -0.3 is 10.1 Å². The van der Waals surface area contributed by atoms with Gasteiger partial charge in [-0.25, -0.2) is 13.1 Å². The number of sulfonamides is 1. The number of benzene rings is 1. The molecule has 0 atom stereocenters. The van der Waals surface area contributed by atoms with Crippen LogP contribution in [0.3, 0.4) is 0 Å². The molecule has 0 saturated heterocycles. The first-order valence-electron chi connectivity index (χ1n) is 6.69. The fourth-order valence-electron chi connectivity index (χ4n) is 1.74. The Bertz CT molecular complexity index is 585. The van der Waals surface area contributed by atoms with Crippen molar-refractivity contribution in [3.63, 3.8) is 0 Å². The molecule has 0 fully saturated rings. The van der Waals surface area contributed by atoms with Crippen molar-refractivity contribution < 1.29 is 17.9 Å². The van der Waals surface area contributed by atoms with Crippen LogP contribution in [0.4, 0.5) is 0 Å². The van der Waals surface area contributed by atoms with Crippen LogP contribution in [0.1, 0.15) is 17.5 Å². The Morgan fingerprint density at radius 1 is 1.29 bits per heavy atom. The summed E-state index contributed by atoms with van der Waals surface area (Å²) in [6.45, 7) is 4.27. The third kappa shape index (κ3) is 5.82. The monoisotopic (exact) mass is 314 g/mol. The van der Waals surface area contributed by atoms with Crippen molar-refractivity contribution in [3.8, 4) is 0 Å². The summed E-state index contributed by atoms with van der Waals surface area (Å²) in [7, 11) is -2.10. The van der Waals surface area contributed by atoms with Gasteiger partial charge in [0.05, 0.1) is 11.4 Å². The summed E-state index contributed by atoms with van der Waals surface area (Å²) < 4.78 is 31.5. The Morgan fingerprint density at radius 2 is 2.00 bits per heavy atom. The van der Waals surface area contributed by atoms with Crippen molar-refractivity contribution in [3.05, 3.63) is 29.3 Å². The summed E-state index contributed by atoms with van der Waals surface area (Å²) in [5.74, 6) is -0.361.